The highest BCUT2D eigenvalue weighted by Crippen LogP contribution is 2.46. The van der Waals surface area contributed by atoms with Crippen LogP contribution in [0.5, 0.6) is 5.75 Å². The Morgan fingerprint density at radius 3 is 2.73 bits per heavy atom. The predicted octanol–water partition coefficient (Wildman–Crippen LogP) is 5.18. The van der Waals surface area contributed by atoms with E-state index in [1.165, 1.54) is 28.8 Å². The zero-order valence-corrected chi connectivity index (χ0v) is 25.7. The molecule has 10 nitrogen and oxygen atoms in total. The number of anilines is 2. The number of benzene rings is 1. The molecule has 1 fully saturated rings. The minimum atomic E-state index is -0.711. The van der Waals surface area contributed by atoms with Crippen LogP contribution in [0.4, 0.5) is 15.9 Å². The average molecular weight is 618 g/mol. The SMILES string of the molecule is C=CC(=O)N1CC(C)N2c3nc(=O)n(-c4c(C)ccnc4C(C)C)c4nc(-c5c(O)cccc5F)c(Cl)c(c34)NCCC2C1. The van der Waals surface area contributed by atoms with E-state index in [-0.39, 0.29) is 51.6 Å². The minimum Gasteiger partial charge on any atom is -0.507 e. The van der Waals surface area contributed by atoms with Crippen molar-refractivity contribution in [2.75, 3.05) is 29.9 Å². The second kappa shape index (κ2) is 11.2. The lowest BCUT2D eigenvalue weighted by Crippen LogP contribution is -2.60. The molecule has 1 aromatic carbocycles. The molecule has 3 aromatic heterocycles. The zero-order chi connectivity index (χ0) is 31.4. The molecule has 44 heavy (non-hydrogen) atoms. The fourth-order valence-electron chi connectivity index (χ4n) is 6.43. The van der Waals surface area contributed by atoms with Crippen LogP contribution in [0.15, 0.2) is 47.9 Å². The molecule has 5 heterocycles. The molecule has 2 unspecified atom stereocenters. The van der Waals surface area contributed by atoms with Crippen LogP contribution in [-0.2, 0) is 4.79 Å². The first-order valence-electron chi connectivity index (χ1n) is 14.6. The summed E-state index contributed by atoms with van der Waals surface area (Å²) in [5, 5.41) is 14.7. The molecular weight excluding hydrogens is 585 g/mol. The van der Waals surface area contributed by atoms with Crippen LogP contribution in [-0.4, -0.2) is 67.2 Å². The van der Waals surface area contributed by atoms with Gasteiger partial charge in [-0.15, -0.1) is 0 Å². The summed E-state index contributed by atoms with van der Waals surface area (Å²) in [6.45, 7) is 12.7. The van der Waals surface area contributed by atoms with Gasteiger partial charge in [-0.2, -0.15) is 4.98 Å². The molecule has 2 aliphatic rings. The van der Waals surface area contributed by atoms with Crippen molar-refractivity contribution in [1.29, 1.82) is 0 Å². The topological polar surface area (TPSA) is 116 Å². The number of carbonyl (C=O) groups excluding carboxylic acids is 1. The Bertz CT molecular complexity index is 1870. The van der Waals surface area contributed by atoms with Gasteiger partial charge in [0.15, 0.2) is 5.65 Å². The van der Waals surface area contributed by atoms with Gasteiger partial charge in [0.25, 0.3) is 0 Å². The third-order valence-corrected chi connectivity index (χ3v) is 8.76. The average Bonchev–Trinajstić information content (AvgIpc) is 2.97. The highest BCUT2D eigenvalue weighted by molar-refractivity contribution is 6.37. The van der Waals surface area contributed by atoms with Gasteiger partial charge in [-0.25, -0.2) is 18.7 Å². The lowest BCUT2D eigenvalue weighted by molar-refractivity contribution is -0.127. The number of phenolic OH excluding ortho intramolecular Hbond substituents is 1. The molecule has 2 aliphatic heterocycles. The molecule has 0 saturated carbocycles. The van der Waals surface area contributed by atoms with E-state index >= 15 is 4.39 Å². The molecule has 1 amide bonds. The lowest BCUT2D eigenvalue weighted by Gasteiger charge is -2.47. The summed E-state index contributed by atoms with van der Waals surface area (Å²) >= 11 is 7.03. The van der Waals surface area contributed by atoms with Crippen molar-refractivity contribution in [3.8, 4) is 22.7 Å². The maximum atomic E-state index is 15.3. The quantitative estimate of drug-likeness (QED) is 0.301. The summed E-state index contributed by atoms with van der Waals surface area (Å²) in [4.78, 5) is 44.8. The smallest absolute Gasteiger partial charge is 0.355 e. The summed E-state index contributed by atoms with van der Waals surface area (Å²) in [5.41, 5.74) is 1.81. The molecular formula is C32H33ClFN7O3. The van der Waals surface area contributed by atoms with Crippen molar-refractivity contribution in [2.24, 2.45) is 0 Å². The van der Waals surface area contributed by atoms with E-state index in [9.17, 15) is 14.7 Å². The summed E-state index contributed by atoms with van der Waals surface area (Å²) in [7, 11) is 0. The van der Waals surface area contributed by atoms with E-state index < -0.39 is 11.5 Å². The number of rotatable bonds is 4. The number of phenols is 1. The third-order valence-electron chi connectivity index (χ3n) is 8.39. The highest BCUT2D eigenvalue weighted by Gasteiger charge is 2.38. The zero-order valence-electron chi connectivity index (χ0n) is 24.9. The number of nitrogens with zero attached hydrogens (tertiary/aromatic N) is 6. The van der Waals surface area contributed by atoms with Crippen LogP contribution >= 0.6 is 11.6 Å². The molecule has 0 radical (unpaired) electrons. The van der Waals surface area contributed by atoms with Crippen molar-refractivity contribution in [1.82, 2.24) is 24.4 Å². The van der Waals surface area contributed by atoms with Crippen LogP contribution in [0, 0.1) is 12.7 Å². The number of halogens is 2. The molecule has 0 aliphatic carbocycles. The maximum Gasteiger partial charge on any atom is 0.355 e. The summed E-state index contributed by atoms with van der Waals surface area (Å²) in [6, 6.07) is 5.40. The molecule has 6 rings (SSSR count). The Morgan fingerprint density at radius 2 is 2.02 bits per heavy atom. The standard InChI is InChI=1S/C32H33ClFN7O3/c1-6-22(43)39-14-18(5)40-19(15-39)11-13-36-27-24-30(37-28(25(27)33)23-20(34)8-7-9-21(23)42)41(32(44)38-31(24)40)29-17(4)10-12-35-26(29)16(2)3/h6-10,12,16,18-19,36,42H,1,11,13-15H2,2-5H3. The van der Waals surface area contributed by atoms with E-state index in [1.54, 1.807) is 11.1 Å². The molecule has 2 N–H and O–H groups in total. The van der Waals surface area contributed by atoms with Crippen LogP contribution in [0.25, 0.3) is 28.0 Å². The molecule has 0 spiro atoms. The number of hydrogen-bond donors (Lipinski definition) is 2. The molecule has 2 atom stereocenters. The number of nitrogens with one attached hydrogen (secondary N) is 1. The second-order valence-corrected chi connectivity index (χ2v) is 12.0. The number of aromatic nitrogens is 4. The predicted molar refractivity (Wildman–Crippen MR) is 169 cm³/mol. The number of piperazine rings is 1. The minimum absolute atomic E-state index is 0.0122. The van der Waals surface area contributed by atoms with E-state index in [2.05, 4.69) is 26.8 Å². The summed E-state index contributed by atoms with van der Waals surface area (Å²) in [6.07, 6.45) is 3.59. The Labute approximate surface area is 258 Å². The molecule has 1 saturated heterocycles. The van der Waals surface area contributed by atoms with Crippen LogP contribution in [0.2, 0.25) is 5.02 Å². The van der Waals surface area contributed by atoms with Gasteiger partial charge in [-0.05, 0) is 56.0 Å². The largest absolute Gasteiger partial charge is 0.507 e. The lowest BCUT2D eigenvalue weighted by atomic mass is 9.99. The molecule has 0 bridgehead atoms. The van der Waals surface area contributed by atoms with Crippen LogP contribution < -0.4 is 15.9 Å². The Morgan fingerprint density at radius 1 is 1.25 bits per heavy atom. The normalized spacial score (nSPS) is 18.1. The fraction of sp³-hybridized carbons (Fsp3) is 0.344. The Balaban J connectivity index is 1.74. The van der Waals surface area contributed by atoms with E-state index in [0.717, 1.165) is 5.56 Å². The van der Waals surface area contributed by atoms with Crippen molar-refractivity contribution in [3.05, 3.63) is 75.7 Å². The first kappa shape index (κ1) is 29.6. The van der Waals surface area contributed by atoms with Gasteiger partial charge in [0.1, 0.15) is 23.1 Å². The maximum absolute atomic E-state index is 15.3. The van der Waals surface area contributed by atoms with Crippen LogP contribution in [0.1, 0.15) is 44.4 Å². The molecule has 4 aromatic rings. The van der Waals surface area contributed by atoms with Crippen molar-refractivity contribution < 1.29 is 14.3 Å². The van der Waals surface area contributed by atoms with E-state index in [0.29, 0.717) is 54.3 Å². The van der Waals surface area contributed by atoms with Gasteiger partial charge in [0, 0.05) is 31.9 Å². The summed E-state index contributed by atoms with van der Waals surface area (Å²) < 4.78 is 16.7. The van der Waals surface area contributed by atoms with Crippen molar-refractivity contribution >= 4 is 40.0 Å². The van der Waals surface area contributed by atoms with Crippen molar-refractivity contribution in [3.63, 3.8) is 0 Å². The number of fused-ring (bicyclic) bond motifs is 2. The Kier molecular flexibility index (Phi) is 7.53. The van der Waals surface area contributed by atoms with Gasteiger partial charge < -0.3 is 20.2 Å². The first-order chi connectivity index (χ1) is 21.0. The van der Waals surface area contributed by atoms with Gasteiger partial charge in [-0.3, -0.25) is 9.78 Å². The molecule has 228 valence electrons. The van der Waals surface area contributed by atoms with Crippen molar-refractivity contribution in [2.45, 2.75) is 52.1 Å². The monoisotopic (exact) mass is 617 g/mol. The van der Waals surface area contributed by atoms with Gasteiger partial charge >= 0.3 is 5.69 Å². The van der Waals surface area contributed by atoms with E-state index in [1.807, 2.05) is 33.8 Å². The number of aryl methyl sites for hydroxylation is 1. The number of amides is 1. The number of pyridine rings is 2. The van der Waals surface area contributed by atoms with Crippen LogP contribution in [0.3, 0.4) is 0 Å². The van der Waals surface area contributed by atoms with Gasteiger partial charge in [-0.1, -0.05) is 38.1 Å². The second-order valence-electron chi connectivity index (χ2n) is 11.6. The van der Waals surface area contributed by atoms with Gasteiger partial charge in [0.05, 0.1) is 39.1 Å². The molecule has 12 heteroatoms. The number of hydrogen-bond acceptors (Lipinski definition) is 8. The highest BCUT2D eigenvalue weighted by atomic mass is 35.5. The Hall–Kier alpha value is -4.51. The number of carbonyl (C=O) groups is 1. The van der Waals surface area contributed by atoms with Gasteiger partial charge in [0.2, 0.25) is 5.91 Å². The number of aromatic hydroxyl groups is 1. The first-order valence-corrected chi connectivity index (χ1v) is 14.9. The summed E-state index contributed by atoms with van der Waals surface area (Å²) in [5.74, 6) is -0.884. The third kappa shape index (κ3) is 4.66. The fourth-order valence-corrected chi connectivity index (χ4v) is 6.73. The van der Waals surface area contributed by atoms with E-state index in [4.69, 9.17) is 16.6 Å².